The normalized spacial score (nSPS) is 13.1. The quantitative estimate of drug-likeness (QED) is 0.501. The summed E-state index contributed by atoms with van der Waals surface area (Å²) in [6, 6.07) is 0. The van der Waals surface area contributed by atoms with Gasteiger partial charge in [-0.2, -0.15) is 0 Å². The van der Waals surface area contributed by atoms with Crippen LogP contribution in [0.3, 0.4) is 0 Å². The fraction of sp³-hybridized carbons (Fsp3) is 1.00. The van der Waals surface area contributed by atoms with Gasteiger partial charge >= 0.3 is 7.69 Å². The van der Waals surface area contributed by atoms with Crippen molar-refractivity contribution in [3.05, 3.63) is 0 Å². The topological polar surface area (TPSA) is 18.5 Å². The van der Waals surface area contributed by atoms with Gasteiger partial charge in [-0.1, -0.05) is 39.3 Å². The van der Waals surface area contributed by atoms with Crippen molar-refractivity contribution < 1.29 is 9.31 Å². The van der Waals surface area contributed by atoms with Crippen LogP contribution >= 0.6 is 0 Å². The zero-order chi connectivity index (χ0) is 10.5. The number of rotatable bonds is 6. The summed E-state index contributed by atoms with van der Waals surface area (Å²) in [5, 5.41) is 0. The molecular weight excluding hydrogens is 195 g/mol. The van der Waals surface area contributed by atoms with Gasteiger partial charge in [0.2, 0.25) is 0 Å². The molecule has 0 amide bonds. The van der Waals surface area contributed by atoms with E-state index in [0.29, 0.717) is 7.69 Å². The van der Waals surface area contributed by atoms with Gasteiger partial charge in [-0.3, -0.25) is 0 Å². The number of hydrogen-bond donors (Lipinski definition) is 0. The van der Waals surface area contributed by atoms with Crippen molar-refractivity contribution >= 4 is 23.8 Å². The molecule has 0 aliphatic heterocycles. The van der Waals surface area contributed by atoms with Crippen LogP contribution in [-0.2, 0) is 9.31 Å². The molecule has 0 bridgehead atoms. The molecule has 0 aromatic carbocycles. The first-order valence-corrected chi connectivity index (χ1v) is 12.3. The summed E-state index contributed by atoms with van der Waals surface area (Å²) in [7, 11) is -1.61. The highest BCUT2D eigenvalue weighted by Gasteiger charge is 2.15. The van der Waals surface area contributed by atoms with Gasteiger partial charge in [-0.15, -0.1) is 0 Å². The predicted molar refractivity (Wildman–Crippen MR) is 65.7 cm³/mol. The van der Waals surface area contributed by atoms with E-state index in [1.807, 2.05) is 0 Å². The van der Waals surface area contributed by atoms with E-state index in [2.05, 4.69) is 39.3 Å². The van der Waals surface area contributed by atoms with Crippen LogP contribution in [0.1, 0.15) is 0 Å². The highest BCUT2D eigenvalue weighted by molar-refractivity contribution is 6.76. The SMILES string of the molecule is C[Si](C)(C)COBOC[Si](C)(C)C. The lowest BCUT2D eigenvalue weighted by Crippen LogP contribution is -2.32. The van der Waals surface area contributed by atoms with Crippen LogP contribution in [0.15, 0.2) is 0 Å². The van der Waals surface area contributed by atoms with Crippen molar-refractivity contribution in [3.8, 4) is 0 Å². The Labute approximate surface area is 85.3 Å². The third-order valence-corrected chi connectivity index (χ3v) is 3.38. The van der Waals surface area contributed by atoms with E-state index in [1.165, 1.54) is 0 Å². The molecule has 0 rings (SSSR count). The molecule has 0 heterocycles. The summed E-state index contributed by atoms with van der Waals surface area (Å²) < 4.78 is 10.9. The number of hydrogen-bond acceptors (Lipinski definition) is 2. The molecule has 78 valence electrons. The van der Waals surface area contributed by atoms with E-state index >= 15 is 0 Å². The third-order valence-electron chi connectivity index (χ3n) is 1.24. The van der Waals surface area contributed by atoms with Gasteiger partial charge in [-0.05, 0) is 0 Å². The van der Waals surface area contributed by atoms with Gasteiger partial charge in [0.05, 0.1) is 16.1 Å². The van der Waals surface area contributed by atoms with Crippen LogP contribution in [0.2, 0.25) is 39.3 Å². The van der Waals surface area contributed by atoms with Crippen molar-refractivity contribution in [2.75, 3.05) is 12.5 Å². The average Bonchev–Trinajstić information content (AvgIpc) is 1.81. The van der Waals surface area contributed by atoms with Gasteiger partial charge in [0.1, 0.15) is 0 Å². The van der Waals surface area contributed by atoms with Crippen LogP contribution in [0.5, 0.6) is 0 Å². The fourth-order valence-corrected chi connectivity index (χ4v) is 2.15. The van der Waals surface area contributed by atoms with Crippen LogP contribution in [0.4, 0.5) is 0 Å². The molecule has 0 aromatic rings. The maximum atomic E-state index is 5.46. The first-order valence-electron chi connectivity index (χ1n) is 4.86. The fourth-order valence-electron chi connectivity index (χ4n) is 0.755. The first-order chi connectivity index (χ1) is 5.71. The summed E-state index contributed by atoms with van der Waals surface area (Å²) in [6.45, 7) is 13.8. The van der Waals surface area contributed by atoms with E-state index < -0.39 is 16.1 Å². The van der Waals surface area contributed by atoms with Crippen molar-refractivity contribution in [2.24, 2.45) is 0 Å². The molecule has 13 heavy (non-hydrogen) atoms. The maximum Gasteiger partial charge on any atom is 0.437 e. The predicted octanol–water partition coefficient (Wildman–Crippen LogP) is 2.04. The van der Waals surface area contributed by atoms with Crippen molar-refractivity contribution in [1.82, 2.24) is 0 Å². The van der Waals surface area contributed by atoms with E-state index in [-0.39, 0.29) is 0 Å². The summed E-state index contributed by atoms with van der Waals surface area (Å²) >= 11 is 0. The van der Waals surface area contributed by atoms with Gasteiger partial charge in [-0.25, -0.2) is 0 Å². The zero-order valence-electron chi connectivity index (χ0n) is 9.94. The van der Waals surface area contributed by atoms with Gasteiger partial charge in [0, 0.05) is 12.5 Å². The molecular formula is C8H23BO2Si2. The molecule has 0 spiro atoms. The Balaban J connectivity index is 3.28. The monoisotopic (exact) mass is 218 g/mol. The molecule has 0 aliphatic carbocycles. The Hall–Kier alpha value is 0.419. The lowest BCUT2D eigenvalue weighted by atomic mass is 10.4. The molecule has 5 heteroatoms. The first kappa shape index (κ1) is 13.4. The Morgan fingerprint density at radius 2 is 1.08 bits per heavy atom. The van der Waals surface area contributed by atoms with Crippen molar-refractivity contribution in [3.63, 3.8) is 0 Å². The largest absolute Gasteiger partial charge is 0.437 e. The second-order valence-electron chi connectivity index (χ2n) is 5.94. The molecule has 0 saturated carbocycles. The minimum Gasteiger partial charge on any atom is -0.417 e. The highest BCUT2D eigenvalue weighted by atomic mass is 28.3. The molecule has 0 fully saturated rings. The molecule has 2 nitrogen and oxygen atoms in total. The lowest BCUT2D eigenvalue weighted by Gasteiger charge is -2.18. The van der Waals surface area contributed by atoms with Crippen LogP contribution < -0.4 is 0 Å². The van der Waals surface area contributed by atoms with E-state index in [4.69, 9.17) is 9.31 Å². The molecule has 0 atom stereocenters. The standard InChI is InChI=1S/C8H23BO2Si2/c1-12(2,3)7-10-9-11-8-13(4,5)6/h9H,7-8H2,1-6H3. The smallest absolute Gasteiger partial charge is 0.417 e. The minimum absolute atomic E-state index is 0.481. The summed E-state index contributed by atoms with van der Waals surface area (Å²) in [5.41, 5.74) is 0. The van der Waals surface area contributed by atoms with Gasteiger partial charge < -0.3 is 9.31 Å². The molecule has 0 aromatic heterocycles. The minimum atomic E-state index is -1.04. The Kier molecular flexibility index (Phi) is 5.51. The second-order valence-corrected chi connectivity index (χ2v) is 16.8. The van der Waals surface area contributed by atoms with Gasteiger partial charge in [0.15, 0.2) is 0 Å². The van der Waals surface area contributed by atoms with Crippen molar-refractivity contribution in [2.45, 2.75) is 39.3 Å². The highest BCUT2D eigenvalue weighted by Crippen LogP contribution is 2.02. The molecule has 0 radical (unpaired) electrons. The second kappa shape index (κ2) is 5.34. The summed E-state index contributed by atoms with van der Waals surface area (Å²) in [5.74, 6) is 0. The summed E-state index contributed by atoms with van der Waals surface area (Å²) in [6.07, 6.45) is 1.80. The van der Waals surface area contributed by atoms with Crippen LogP contribution in [0, 0.1) is 0 Å². The third kappa shape index (κ3) is 12.4. The molecule has 0 aliphatic rings. The average molecular weight is 218 g/mol. The lowest BCUT2D eigenvalue weighted by molar-refractivity contribution is 0.275. The Morgan fingerprint density at radius 1 is 0.769 bits per heavy atom. The van der Waals surface area contributed by atoms with E-state index in [1.54, 1.807) is 0 Å². The maximum absolute atomic E-state index is 5.46. The van der Waals surface area contributed by atoms with Gasteiger partial charge in [0.25, 0.3) is 0 Å². The molecule has 0 saturated heterocycles. The summed E-state index contributed by atoms with van der Waals surface area (Å²) in [4.78, 5) is 0. The molecule has 0 N–H and O–H groups in total. The van der Waals surface area contributed by atoms with E-state index in [9.17, 15) is 0 Å². The Morgan fingerprint density at radius 3 is 1.31 bits per heavy atom. The van der Waals surface area contributed by atoms with Crippen molar-refractivity contribution in [1.29, 1.82) is 0 Å². The Bertz CT molecular complexity index is 124. The zero-order valence-corrected chi connectivity index (χ0v) is 11.9. The van der Waals surface area contributed by atoms with E-state index in [0.717, 1.165) is 12.5 Å². The van der Waals surface area contributed by atoms with Crippen LogP contribution in [-0.4, -0.2) is 36.3 Å². The van der Waals surface area contributed by atoms with Crippen LogP contribution in [0.25, 0.3) is 0 Å². The molecule has 0 unspecified atom stereocenters.